The number of anilines is 2. The average Bonchev–Trinajstić information content (AvgIpc) is 3.03. The number of benzene rings is 2. The number of amides is 3. The van der Waals surface area contributed by atoms with E-state index >= 15 is 0 Å². The highest BCUT2D eigenvalue weighted by atomic mass is 16.6. The molecule has 0 aromatic heterocycles. The van der Waals surface area contributed by atoms with E-state index in [1.165, 1.54) is 18.1 Å². The van der Waals surface area contributed by atoms with Crippen molar-refractivity contribution in [2.75, 3.05) is 30.4 Å². The molecule has 1 aliphatic heterocycles. The summed E-state index contributed by atoms with van der Waals surface area (Å²) in [7, 11) is 1.28. The van der Waals surface area contributed by atoms with E-state index in [0.29, 0.717) is 11.4 Å². The summed E-state index contributed by atoms with van der Waals surface area (Å²) in [6, 6.07) is 13.1. The van der Waals surface area contributed by atoms with Gasteiger partial charge in [-0.2, -0.15) is 5.10 Å². The number of hydrazone groups is 1. The van der Waals surface area contributed by atoms with E-state index in [1.54, 1.807) is 45.0 Å². The lowest BCUT2D eigenvalue weighted by Crippen LogP contribution is -2.46. The molecule has 0 radical (unpaired) electrons. The van der Waals surface area contributed by atoms with Crippen LogP contribution in [0.2, 0.25) is 0 Å². The summed E-state index contributed by atoms with van der Waals surface area (Å²) in [5.74, 6) is -1.49. The van der Waals surface area contributed by atoms with Crippen molar-refractivity contribution in [2.24, 2.45) is 11.0 Å². The van der Waals surface area contributed by atoms with Crippen LogP contribution in [0.4, 0.5) is 16.2 Å². The number of rotatable bonds is 7. The lowest BCUT2D eigenvalue weighted by Gasteiger charge is -2.27. The minimum absolute atomic E-state index is 0.117. The molecule has 0 atom stereocenters. The van der Waals surface area contributed by atoms with Crippen molar-refractivity contribution in [3.05, 3.63) is 59.7 Å². The highest BCUT2D eigenvalue weighted by molar-refractivity contribution is 6.13. The molecule has 0 spiro atoms. The van der Waals surface area contributed by atoms with Gasteiger partial charge >= 0.3 is 18.0 Å². The smallest absolute Gasteiger partial charge is 0.345 e. The second-order valence-corrected chi connectivity index (χ2v) is 11.0. The molecule has 10 heteroatoms. The second kappa shape index (κ2) is 12.3. The summed E-state index contributed by atoms with van der Waals surface area (Å²) < 4.78 is 10.3. The van der Waals surface area contributed by atoms with E-state index in [4.69, 9.17) is 14.6 Å². The summed E-state index contributed by atoms with van der Waals surface area (Å²) in [6.07, 6.45) is 5.10. The Hall–Kier alpha value is -4.21. The number of para-hydroxylation sites is 1. The van der Waals surface area contributed by atoms with Crippen molar-refractivity contribution in [2.45, 2.75) is 58.5 Å². The Balaban J connectivity index is 1.66. The number of carbonyl (C=O) groups is 4. The minimum atomic E-state index is -0.729. The molecule has 2 aromatic rings. The Labute approximate surface area is 234 Å². The molecule has 0 unspecified atom stereocenters. The molecular formula is C30H36N4O6. The van der Waals surface area contributed by atoms with E-state index in [0.717, 1.165) is 48.4 Å². The Kier molecular flexibility index (Phi) is 8.86. The van der Waals surface area contributed by atoms with Crippen molar-refractivity contribution in [1.29, 1.82) is 0 Å². The third kappa shape index (κ3) is 7.05. The van der Waals surface area contributed by atoms with Crippen LogP contribution in [-0.2, 0) is 19.1 Å². The monoisotopic (exact) mass is 548 g/mol. The molecule has 4 rings (SSSR count). The lowest BCUT2D eigenvalue weighted by molar-refractivity contribution is -0.152. The molecule has 0 saturated heterocycles. The zero-order valence-electron chi connectivity index (χ0n) is 23.4. The van der Waals surface area contributed by atoms with Crippen LogP contribution in [0, 0.1) is 5.92 Å². The number of hydrogen-bond acceptors (Lipinski definition) is 7. The van der Waals surface area contributed by atoms with Crippen LogP contribution in [0.1, 0.15) is 68.8 Å². The minimum Gasteiger partial charge on any atom is -0.465 e. The predicted molar refractivity (Wildman–Crippen MR) is 151 cm³/mol. The highest BCUT2D eigenvalue weighted by Crippen LogP contribution is 2.34. The molecule has 1 N–H and O–H groups in total. The Bertz CT molecular complexity index is 1310. The van der Waals surface area contributed by atoms with Gasteiger partial charge in [-0.25, -0.2) is 14.6 Å². The highest BCUT2D eigenvalue weighted by Gasteiger charge is 2.35. The first kappa shape index (κ1) is 28.8. The van der Waals surface area contributed by atoms with Crippen molar-refractivity contribution in [3.8, 4) is 0 Å². The van der Waals surface area contributed by atoms with Gasteiger partial charge in [0.05, 0.1) is 24.1 Å². The van der Waals surface area contributed by atoms with Gasteiger partial charge in [0.15, 0.2) is 0 Å². The van der Waals surface area contributed by atoms with Gasteiger partial charge in [0, 0.05) is 17.2 Å². The quantitative estimate of drug-likeness (QED) is 0.488. The number of ether oxygens (including phenoxy) is 2. The summed E-state index contributed by atoms with van der Waals surface area (Å²) in [5.41, 5.74) is 1.98. The lowest BCUT2D eigenvalue weighted by atomic mass is 9.83. The Morgan fingerprint density at radius 3 is 2.42 bits per heavy atom. The summed E-state index contributed by atoms with van der Waals surface area (Å²) >= 11 is 0. The molecule has 1 saturated carbocycles. The van der Waals surface area contributed by atoms with E-state index in [9.17, 15) is 19.2 Å². The molecular weight excluding hydrogens is 512 g/mol. The van der Waals surface area contributed by atoms with E-state index in [2.05, 4.69) is 5.32 Å². The van der Waals surface area contributed by atoms with Crippen molar-refractivity contribution in [1.82, 2.24) is 5.01 Å². The third-order valence-electron chi connectivity index (χ3n) is 6.71. The molecule has 40 heavy (non-hydrogen) atoms. The number of hydrogen-bond donors (Lipinski definition) is 1. The van der Waals surface area contributed by atoms with Crippen molar-refractivity contribution in [3.63, 3.8) is 0 Å². The molecule has 2 aromatic carbocycles. The first-order valence-corrected chi connectivity index (χ1v) is 13.5. The Morgan fingerprint density at radius 2 is 1.73 bits per heavy atom. The summed E-state index contributed by atoms with van der Waals surface area (Å²) in [5, 5.41) is 8.62. The second-order valence-electron chi connectivity index (χ2n) is 11.0. The SMILES string of the molecule is COC(=O)c1cccc(NC(=O)CN2N=C(C3CCCCC3)c3ccccc3N(CC(=O)OC(C)(C)C)C2=O)c1. The van der Waals surface area contributed by atoms with Crippen LogP contribution in [-0.4, -0.2) is 60.4 Å². The Morgan fingerprint density at radius 1 is 1.00 bits per heavy atom. The van der Waals surface area contributed by atoms with Gasteiger partial charge in [0.2, 0.25) is 5.91 Å². The van der Waals surface area contributed by atoms with Gasteiger partial charge in [-0.15, -0.1) is 0 Å². The average molecular weight is 549 g/mol. The molecule has 1 fully saturated rings. The number of carbonyl (C=O) groups excluding carboxylic acids is 4. The first-order valence-electron chi connectivity index (χ1n) is 13.5. The van der Waals surface area contributed by atoms with Crippen LogP contribution >= 0.6 is 0 Å². The predicted octanol–water partition coefficient (Wildman–Crippen LogP) is 4.98. The zero-order valence-corrected chi connectivity index (χ0v) is 23.4. The molecule has 10 nitrogen and oxygen atoms in total. The van der Waals surface area contributed by atoms with E-state index in [1.807, 2.05) is 18.2 Å². The molecule has 212 valence electrons. The maximum Gasteiger partial charge on any atom is 0.345 e. The normalized spacial score (nSPS) is 16.0. The molecule has 2 aliphatic rings. The maximum atomic E-state index is 13.9. The fourth-order valence-corrected chi connectivity index (χ4v) is 5.01. The fourth-order valence-electron chi connectivity index (χ4n) is 5.01. The fraction of sp³-hybridized carbons (Fsp3) is 0.433. The molecule has 1 aliphatic carbocycles. The number of fused-ring (bicyclic) bond motifs is 1. The van der Waals surface area contributed by atoms with Crippen LogP contribution in [0.15, 0.2) is 53.6 Å². The van der Waals surface area contributed by atoms with Gasteiger partial charge in [-0.3, -0.25) is 14.5 Å². The van der Waals surface area contributed by atoms with Gasteiger partial charge < -0.3 is 14.8 Å². The van der Waals surface area contributed by atoms with Crippen LogP contribution in [0.5, 0.6) is 0 Å². The standard InChI is InChI=1S/C30H36N4O6/c1-30(2,3)40-26(36)19-33-24-16-9-8-15-23(24)27(20-11-6-5-7-12-20)32-34(29(33)38)18-25(35)31-22-14-10-13-21(17-22)28(37)39-4/h8-10,13-17,20H,5-7,11-12,18-19H2,1-4H3,(H,31,35). The van der Waals surface area contributed by atoms with Gasteiger partial charge in [0.25, 0.3) is 0 Å². The number of urea groups is 1. The number of methoxy groups -OCH3 is 1. The van der Waals surface area contributed by atoms with Gasteiger partial charge in [0.1, 0.15) is 18.7 Å². The van der Waals surface area contributed by atoms with Gasteiger partial charge in [-0.05, 0) is 57.9 Å². The topological polar surface area (TPSA) is 118 Å². The van der Waals surface area contributed by atoms with Gasteiger partial charge in [-0.1, -0.05) is 43.5 Å². The first-order chi connectivity index (χ1) is 19.1. The molecule has 3 amide bonds. The van der Waals surface area contributed by atoms with Crippen molar-refractivity contribution < 1.29 is 28.7 Å². The number of esters is 2. The van der Waals surface area contributed by atoms with Crippen LogP contribution < -0.4 is 10.2 Å². The number of nitrogens with zero attached hydrogens (tertiary/aromatic N) is 3. The van der Waals surface area contributed by atoms with E-state index < -0.39 is 36.0 Å². The summed E-state index contributed by atoms with van der Waals surface area (Å²) in [6.45, 7) is 4.56. The van der Waals surface area contributed by atoms with Crippen LogP contribution in [0.25, 0.3) is 0 Å². The van der Waals surface area contributed by atoms with E-state index in [-0.39, 0.29) is 18.0 Å². The largest absolute Gasteiger partial charge is 0.465 e. The summed E-state index contributed by atoms with van der Waals surface area (Å²) in [4.78, 5) is 53.2. The zero-order chi connectivity index (χ0) is 28.9. The molecule has 0 bridgehead atoms. The molecule has 1 heterocycles. The van der Waals surface area contributed by atoms with Crippen LogP contribution in [0.3, 0.4) is 0 Å². The number of nitrogens with one attached hydrogen (secondary N) is 1. The maximum absolute atomic E-state index is 13.9. The third-order valence-corrected chi connectivity index (χ3v) is 6.71. The van der Waals surface area contributed by atoms with Crippen molar-refractivity contribution >= 4 is 41.0 Å².